The molecule has 2 aliphatic heterocycles. The van der Waals surface area contributed by atoms with Crippen LogP contribution >= 0.6 is 0 Å². The van der Waals surface area contributed by atoms with Gasteiger partial charge in [0, 0.05) is 33.3 Å². The van der Waals surface area contributed by atoms with Gasteiger partial charge in [-0.15, -0.1) is 0 Å². The molecule has 0 atom stereocenters. The van der Waals surface area contributed by atoms with Gasteiger partial charge in [-0.25, -0.2) is 9.59 Å². The Bertz CT molecular complexity index is 1180. The van der Waals surface area contributed by atoms with E-state index in [4.69, 9.17) is 14.6 Å². The van der Waals surface area contributed by atoms with Crippen molar-refractivity contribution in [2.45, 2.75) is 45.7 Å². The summed E-state index contributed by atoms with van der Waals surface area (Å²) in [6.45, 7) is 5.99. The maximum atomic E-state index is 11.7. The van der Waals surface area contributed by atoms with Crippen LogP contribution in [-0.2, 0) is 38.1 Å². The number of carbonyl (C=O) groups excluding carboxylic acids is 5. The monoisotopic (exact) mass is 514 g/mol. The molecule has 0 radical (unpaired) electrons. The van der Waals surface area contributed by atoms with E-state index in [2.05, 4.69) is 9.47 Å². The molecule has 0 bridgehead atoms. The predicted molar refractivity (Wildman–Crippen MR) is 127 cm³/mol. The smallest absolute Gasteiger partial charge is 0.348 e. The Morgan fingerprint density at radius 1 is 0.703 bits per heavy atom. The molecular formula is C26H26O11. The number of hydrogen-bond donors (Lipinski definition) is 2. The largest absolute Gasteiger partial charge is 0.508 e. The molecule has 2 aromatic carbocycles. The van der Waals surface area contributed by atoms with Crippen molar-refractivity contribution in [2.75, 3.05) is 0 Å². The zero-order valence-electron chi connectivity index (χ0n) is 20.5. The highest BCUT2D eigenvalue weighted by molar-refractivity contribution is 6.18. The van der Waals surface area contributed by atoms with Crippen LogP contribution in [0.2, 0.25) is 0 Å². The average molecular weight is 514 g/mol. The summed E-state index contributed by atoms with van der Waals surface area (Å²) in [5.74, 6) is -4.68. The fourth-order valence-corrected chi connectivity index (χ4v) is 2.92. The summed E-state index contributed by atoms with van der Waals surface area (Å²) in [7, 11) is 0. The molecule has 11 nitrogen and oxygen atoms in total. The number of phenols is 2. The number of carbonyl (C=O) groups is 5. The predicted octanol–water partition coefficient (Wildman–Crippen LogP) is 3.03. The Balaban J connectivity index is 0.000000214. The molecule has 0 amide bonds. The molecule has 4 rings (SSSR count). The van der Waals surface area contributed by atoms with Crippen molar-refractivity contribution in [3.8, 4) is 11.5 Å². The van der Waals surface area contributed by atoms with Crippen LogP contribution in [0.15, 0.2) is 54.1 Å². The summed E-state index contributed by atoms with van der Waals surface area (Å²) in [5, 5.41) is 18.1. The molecule has 37 heavy (non-hydrogen) atoms. The van der Waals surface area contributed by atoms with Gasteiger partial charge in [0.25, 0.3) is 11.6 Å². The van der Waals surface area contributed by atoms with Gasteiger partial charge in [-0.3, -0.25) is 14.4 Å². The molecule has 0 unspecified atom stereocenters. The van der Waals surface area contributed by atoms with Crippen molar-refractivity contribution >= 4 is 36.2 Å². The Hall–Kier alpha value is -4.67. The van der Waals surface area contributed by atoms with Crippen molar-refractivity contribution in [1.82, 2.24) is 0 Å². The molecule has 0 spiro atoms. The third-order valence-corrected chi connectivity index (χ3v) is 4.31. The number of aldehydes is 1. The van der Waals surface area contributed by atoms with E-state index >= 15 is 0 Å². The van der Waals surface area contributed by atoms with Gasteiger partial charge in [-0.2, -0.15) is 0 Å². The topological polar surface area (TPSA) is 163 Å². The molecule has 0 saturated carbocycles. The van der Waals surface area contributed by atoms with E-state index in [1.807, 2.05) is 0 Å². The minimum atomic E-state index is -1.25. The van der Waals surface area contributed by atoms with Crippen LogP contribution < -0.4 is 0 Å². The van der Waals surface area contributed by atoms with Crippen molar-refractivity contribution in [3.63, 3.8) is 0 Å². The van der Waals surface area contributed by atoms with E-state index in [0.29, 0.717) is 17.4 Å². The molecule has 11 heteroatoms. The van der Waals surface area contributed by atoms with Gasteiger partial charge in [0.05, 0.1) is 0 Å². The molecule has 2 aromatic rings. The highest BCUT2D eigenvalue weighted by atomic mass is 16.7. The SMILES string of the molecule is CC1(C)OC(=O)C(=Cc2cccc(O)c2)C(=O)O1.CC1(C)OC(=O)CC(=O)O1.O=Cc1cccc(O)c1. The number of aromatic hydroxyl groups is 2. The summed E-state index contributed by atoms with van der Waals surface area (Å²) in [5.41, 5.74) is 0.813. The van der Waals surface area contributed by atoms with Crippen LogP contribution in [0.1, 0.15) is 50.0 Å². The maximum Gasteiger partial charge on any atom is 0.348 e. The Morgan fingerprint density at radius 3 is 1.54 bits per heavy atom. The van der Waals surface area contributed by atoms with Gasteiger partial charge in [0.2, 0.25) is 0 Å². The third kappa shape index (κ3) is 9.48. The summed E-state index contributed by atoms with van der Waals surface area (Å²) in [4.78, 5) is 54.5. The second-order valence-electron chi connectivity index (χ2n) is 8.57. The second kappa shape index (κ2) is 11.8. The molecule has 196 valence electrons. The Kier molecular flexibility index (Phi) is 9.14. The number of rotatable bonds is 2. The minimum absolute atomic E-state index is 0.0437. The van der Waals surface area contributed by atoms with Crippen LogP contribution in [0.3, 0.4) is 0 Å². The first-order valence-electron chi connectivity index (χ1n) is 10.8. The molecule has 2 aliphatic rings. The van der Waals surface area contributed by atoms with E-state index in [0.717, 1.165) is 0 Å². The first-order chi connectivity index (χ1) is 17.2. The maximum absolute atomic E-state index is 11.7. The highest BCUT2D eigenvalue weighted by Gasteiger charge is 2.38. The highest BCUT2D eigenvalue weighted by Crippen LogP contribution is 2.25. The lowest BCUT2D eigenvalue weighted by Crippen LogP contribution is -2.41. The summed E-state index contributed by atoms with van der Waals surface area (Å²) in [6, 6.07) is 12.3. The number of esters is 4. The fraction of sp³-hybridized carbons (Fsp3) is 0.269. The van der Waals surface area contributed by atoms with Crippen molar-refractivity contribution in [2.24, 2.45) is 0 Å². The summed E-state index contributed by atoms with van der Waals surface area (Å²) in [6.07, 6.45) is 1.74. The van der Waals surface area contributed by atoms with Gasteiger partial charge >= 0.3 is 23.9 Å². The molecule has 2 saturated heterocycles. The normalized spacial score (nSPS) is 17.2. The number of hydrogen-bond acceptors (Lipinski definition) is 11. The number of ether oxygens (including phenoxy) is 4. The third-order valence-electron chi connectivity index (χ3n) is 4.31. The van der Waals surface area contributed by atoms with Crippen LogP contribution in [0, 0.1) is 0 Å². The van der Waals surface area contributed by atoms with E-state index < -0.39 is 35.5 Å². The zero-order chi connectivity index (χ0) is 27.8. The molecule has 0 aliphatic carbocycles. The van der Waals surface area contributed by atoms with Crippen LogP contribution in [0.25, 0.3) is 6.08 Å². The van der Waals surface area contributed by atoms with E-state index in [-0.39, 0.29) is 23.5 Å². The lowest BCUT2D eigenvalue weighted by atomic mass is 10.1. The first kappa shape index (κ1) is 28.6. The van der Waals surface area contributed by atoms with Gasteiger partial charge < -0.3 is 29.2 Å². The quantitative estimate of drug-likeness (QED) is 0.199. The van der Waals surface area contributed by atoms with Crippen molar-refractivity contribution in [1.29, 1.82) is 0 Å². The van der Waals surface area contributed by atoms with Gasteiger partial charge in [-0.1, -0.05) is 24.3 Å². The first-order valence-corrected chi connectivity index (χ1v) is 10.8. The van der Waals surface area contributed by atoms with Gasteiger partial charge in [0.1, 0.15) is 29.8 Å². The minimum Gasteiger partial charge on any atom is -0.508 e. The lowest BCUT2D eigenvalue weighted by molar-refractivity contribution is -0.231. The Labute approximate surface area is 212 Å². The van der Waals surface area contributed by atoms with Crippen LogP contribution in [0.4, 0.5) is 0 Å². The van der Waals surface area contributed by atoms with E-state index in [1.54, 1.807) is 24.3 Å². The van der Waals surface area contributed by atoms with Gasteiger partial charge in [-0.05, 0) is 35.9 Å². The van der Waals surface area contributed by atoms with E-state index in [9.17, 15) is 29.1 Å². The lowest BCUT2D eigenvalue weighted by Gasteiger charge is -2.29. The van der Waals surface area contributed by atoms with Crippen molar-refractivity contribution in [3.05, 3.63) is 65.2 Å². The molecule has 0 aromatic heterocycles. The standard InChI is InChI=1S/C13H12O5.C7H6O2.C6H8O4/c1-13(2)17-11(15)10(12(16)18-13)7-8-4-3-5-9(14)6-8;8-5-6-2-1-3-7(9)4-6;1-6(2)9-4(7)3-5(8)10-6/h3-7,14H,1-2H3;1-5,9H;3H2,1-2H3. The zero-order valence-corrected chi connectivity index (χ0v) is 20.5. The number of benzene rings is 2. The fourth-order valence-electron chi connectivity index (χ4n) is 2.92. The summed E-state index contributed by atoms with van der Waals surface area (Å²) >= 11 is 0. The van der Waals surface area contributed by atoms with Crippen LogP contribution in [-0.4, -0.2) is 52.0 Å². The molecule has 2 N–H and O–H groups in total. The van der Waals surface area contributed by atoms with E-state index in [1.165, 1.54) is 58.0 Å². The second-order valence-corrected chi connectivity index (χ2v) is 8.57. The number of phenolic OH excluding ortho intramolecular Hbond substituents is 2. The average Bonchev–Trinajstić information content (AvgIpc) is 2.75. The van der Waals surface area contributed by atoms with Crippen molar-refractivity contribution < 1.29 is 53.1 Å². The van der Waals surface area contributed by atoms with Gasteiger partial charge in [0.15, 0.2) is 0 Å². The molecule has 2 fully saturated rings. The molecular weight excluding hydrogens is 488 g/mol. The number of cyclic esters (lactones) is 4. The summed E-state index contributed by atoms with van der Waals surface area (Å²) < 4.78 is 19.2. The molecule has 2 heterocycles. The Morgan fingerprint density at radius 2 is 1.14 bits per heavy atom. The van der Waals surface area contributed by atoms with Crippen LogP contribution in [0.5, 0.6) is 11.5 Å².